The van der Waals surface area contributed by atoms with E-state index < -0.39 is 21.5 Å². The van der Waals surface area contributed by atoms with Crippen LogP contribution in [-0.4, -0.2) is 44.9 Å². The van der Waals surface area contributed by atoms with Gasteiger partial charge in [-0.1, -0.05) is 0 Å². The molecule has 8 heteroatoms. The molecule has 0 radical (unpaired) electrons. The number of carboxylic acid groups (broad SMARTS) is 1. The Morgan fingerprint density at radius 1 is 1.33 bits per heavy atom. The summed E-state index contributed by atoms with van der Waals surface area (Å²) in [7, 11) is -3.94. The fourth-order valence-corrected chi connectivity index (χ4v) is 3.93. The van der Waals surface area contributed by atoms with Gasteiger partial charge in [-0.15, -0.1) is 0 Å². The van der Waals surface area contributed by atoms with E-state index in [-0.39, 0.29) is 24.5 Å². The van der Waals surface area contributed by atoms with Gasteiger partial charge < -0.3 is 14.6 Å². The maximum absolute atomic E-state index is 12.4. The van der Waals surface area contributed by atoms with Crippen molar-refractivity contribution in [2.75, 3.05) is 19.8 Å². The molecule has 0 bridgehead atoms. The lowest BCUT2D eigenvalue weighted by atomic mass is 10.0. The molecule has 21 heavy (non-hydrogen) atoms. The van der Waals surface area contributed by atoms with Crippen molar-refractivity contribution in [1.29, 1.82) is 0 Å². The predicted molar refractivity (Wildman–Crippen MR) is 71.8 cm³/mol. The van der Waals surface area contributed by atoms with Crippen molar-refractivity contribution in [3.05, 3.63) is 23.8 Å². The maximum atomic E-state index is 12.4. The summed E-state index contributed by atoms with van der Waals surface area (Å²) >= 11 is 0. The number of fused-ring (bicyclic) bond motifs is 1. The molecule has 0 amide bonds. The number of carboxylic acids is 1. The molecule has 1 atom stereocenters. The summed E-state index contributed by atoms with van der Waals surface area (Å²) in [5.41, 5.74) is -0.779. The van der Waals surface area contributed by atoms with Gasteiger partial charge in [0.2, 0.25) is 10.0 Å². The van der Waals surface area contributed by atoms with Crippen molar-refractivity contribution >= 4 is 16.0 Å². The standard InChI is InChI=1S/C13H15NO6S/c15-12(16)13(4-6-19-8-13)14-21(17,18)10-1-2-11-9(7-10)3-5-20-11/h1-2,7,14H,3-6,8H2,(H,15,16). The smallest absolute Gasteiger partial charge is 0.327 e. The third kappa shape index (κ3) is 2.50. The SMILES string of the molecule is O=C(O)C1(NS(=O)(=O)c2ccc3c(c2)CCO3)CCOC1. The highest BCUT2D eigenvalue weighted by atomic mass is 32.2. The summed E-state index contributed by atoms with van der Waals surface area (Å²) in [5.74, 6) is -0.556. The third-order valence-corrected chi connectivity index (χ3v) is 5.27. The van der Waals surface area contributed by atoms with E-state index in [1.165, 1.54) is 12.1 Å². The van der Waals surface area contributed by atoms with Crippen LogP contribution in [0.4, 0.5) is 0 Å². The monoisotopic (exact) mass is 313 g/mol. The first kappa shape index (κ1) is 14.3. The lowest BCUT2D eigenvalue weighted by molar-refractivity contribution is -0.144. The quantitative estimate of drug-likeness (QED) is 0.820. The van der Waals surface area contributed by atoms with E-state index in [4.69, 9.17) is 9.47 Å². The Morgan fingerprint density at radius 2 is 2.14 bits per heavy atom. The first-order valence-electron chi connectivity index (χ1n) is 6.54. The van der Waals surface area contributed by atoms with Crippen molar-refractivity contribution in [3.63, 3.8) is 0 Å². The summed E-state index contributed by atoms with van der Waals surface area (Å²) in [6.07, 6.45) is 0.751. The van der Waals surface area contributed by atoms with Crippen molar-refractivity contribution in [2.45, 2.75) is 23.3 Å². The van der Waals surface area contributed by atoms with Gasteiger partial charge in [-0.3, -0.25) is 4.79 Å². The highest BCUT2D eigenvalue weighted by molar-refractivity contribution is 7.89. The lowest BCUT2D eigenvalue weighted by Crippen LogP contribution is -2.54. The van der Waals surface area contributed by atoms with Crippen LogP contribution in [0.3, 0.4) is 0 Å². The predicted octanol–water partition coefficient (Wildman–Crippen LogP) is 0.143. The molecule has 0 aliphatic carbocycles. The van der Waals surface area contributed by atoms with Crippen molar-refractivity contribution < 1.29 is 27.8 Å². The first-order valence-corrected chi connectivity index (χ1v) is 8.02. The summed E-state index contributed by atoms with van der Waals surface area (Å²) in [6.45, 7) is 0.571. The molecule has 7 nitrogen and oxygen atoms in total. The summed E-state index contributed by atoms with van der Waals surface area (Å²) < 4.78 is 37.5. The average molecular weight is 313 g/mol. The molecule has 1 aromatic carbocycles. The van der Waals surface area contributed by atoms with E-state index in [1.54, 1.807) is 6.07 Å². The van der Waals surface area contributed by atoms with Gasteiger partial charge >= 0.3 is 5.97 Å². The number of carbonyl (C=O) groups is 1. The molecule has 2 aliphatic heterocycles. The zero-order valence-corrected chi connectivity index (χ0v) is 12.0. The van der Waals surface area contributed by atoms with Crippen LogP contribution in [0.15, 0.2) is 23.1 Å². The molecule has 0 spiro atoms. The molecule has 2 aliphatic rings. The van der Waals surface area contributed by atoms with Crippen LogP contribution in [0.5, 0.6) is 5.75 Å². The van der Waals surface area contributed by atoms with Crippen LogP contribution in [0.1, 0.15) is 12.0 Å². The average Bonchev–Trinajstić information content (AvgIpc) is 3.06. The molecular weight excluding hydrogens is 298 g/mol. The van der Waals surface area contributed by atoms with Gasteiger partial charge in [-0.2, -0.15) is 4.72 Å². The largest absolute Gasteiger partial charge is 0.493 e. The molecule has 1 fully saturated rings. The van der Waals surface area contributed by atoms with Crippen LogP contribution in [0.25, 0.3) is 0 Å². The molecule has 0 saturated carbocycles. The normalized spacial score (nSPS) is 24.6. The molecule has 1 aromatic rings. The molecule has 0 aromatic heterocycles. The fourth-order valence-electron chi connectivity index (χ4n) is 2.50. The Bertz CT molecular complexity index is 678. The Kier molecular flexibility index (Phi) is 3.39. The Balaban J connectivity index is 1.92. The second-order valence-corrected chi connectivity index (χ2v) is 6.85. The summed E-state index contributed by atoms with van der Waals surface area (Å²) in [5, 5.41) is 9.30. The molecule has 3 rings (SSSR count). The van der Waals surface area contributed by atoms with Gasteiger partial charge in [0.05, 0.1) is 18.1 Å². The molecule has 2 heterocycles. The first-order chi connectivity index (χ1) is 9.93. The van der Waals surface area contributed by atoms with Gasteiger partial charge in [-0.05, 0) is 23.8 Å². The second kappa shape index (κ2) is 4.97. The zero-order valence-electron chi connectivity index (χ0n) is 11.2. The lowest BCUT2D eigenvalue weighted by Gasteiger charge is -2.23. The Hall–Kier alpha value is -1.64. The minimum Gasteiger partial charge on any atom is -0.493 e. The fraction of sp³-hybridized carbons (Fsp3) is 0.462. The maximum Gasteiger partial charge on any atom is 0.327 e. The number of nitrogens with one attached hydrogen (secondary N) is 1. The third-order valence-electron chi connectivity index (χ3n) is 3.73. The van der Waals surface area contributed by atoms with Crippen LogP contribution < -0.4 is 9.46 Å². The number of rotatable bonds is 4. The van der Waals surface area contributed by atoms with Crippen molar-refractivity contribution in [1.82, 2.24) is 4.72 Å². The Morgan fingerprint density at radius 3 is 2.81 bits per heavy atom. The number of sulfonamides is 1. The molecule has 1 saturated heterocycles. The van der Waals surface area contributed by atoms with Crippen LogP contribution in [0, 0.1) is 0 Å². The topological polar surface area (TPSA) is 102 Å². The highest BCUT2D eigenvalue weighted by Gasteiger charge is 2.46. The van der Waals surface area contributed by atoms with Gasteiger partial charge in [0.15, 0.2) is 5.54 Å². The van der Waals surface area contributed by atoms with E-state index in [2.05, 4.69) is 4.72 Å². The molecular formula is C13H15NO6S. The molecule has 2 N–H and O–H groups in total. The van der Waals surface area contributed by atoms with Gasteiger partial charge in [0.25, 0.3) is 0 Å². The second-order valence-electron chi connectivity index (χ2n) is 5.16. The minimum atomic E-state index is -3.94. The van der Waals surface area contributed by atoms with Gasteiger partial charge in [-0.25, -0.2) is 8.42 Å². The van der Waals surface area contributed by atoms with Crippen LogP contribution >= 0.6 is 0 Å². The van der Waals surface area contributed by atoms with E-state index in [9.17, 15) is 18.3 Å². The molecule has 114 valence electrons. The van der Waals surface area contributed by atoms with Crippen LogP contribution in [-0.2, 0) is 26.0 Å². The van der Waals surface area contributed by atoms with Gasteiger partial charge in [0.1, 0.15) is 5.75 Å². The number of ether oxygens (including phenoxy) is 2. The van der Waals surface area contributed by atoms with E-state index >= 15 is 0 Å². The number of aliphatic carboxylic acids is 1. The number of hydrogen-bond donors (Lipinski definition) is 2. The summed E-state index contributed by atoms with van der Waals surface area (Å²) in [6, 6.07) is 4.53. The number of benzene rings is 1. The van der Waals surface area contributed by atoms with Crippen LogP contribution in [0.2, 0.25) is 0 Å². The Labute approximate surface area is 121 Å². The van der Waals surface area contributed by atoms with E-state index in [0.717, 1.165) is 5.56 Å². The zero-order chi connectivity index (χ0) is 15.1. The molecule has 1 unspecified atom stereocenters. The highest BCUT2D eigenvalue weighted by Crippen LogP contribution is 2.29. The number of hydrogen-bond acceptors (Lipinski definition) is 5. The minimum absolute atomic E-state index is 0.0410. The van der Waals surface area contributed by atoms with Gasteiger partial charge in [0, 0.05) is 19.4 Å². The van der Waals surface area contributed by atoms with Crippen molar-refractivity contribution in [2.24, 2.45) is 0 Å². The van der Waals surface area contributed by atoms with E-state index in [0.29, 0.717) is 18.8 Å². The van der Waals surface area contributed by atoms with Crippen molar-refractivity contribution in [3.8, 4) is 5.75 Å². The van der Waals surface area contributed by atoms with E-state index in [1.807, 2.05) is 0 Å². The summed E-state index contributed by atoms with van der Waals surface area (Å²) in [4.78, 5) is 11.4.